The molecule has 3 aromatic carbocycles. The topological polar surface area (TPSA) is 85.9 Å². The Morgan fingerprint density at radius 2 is 1.76 bits per heavy atom. The Kier molecular flexibility index (Phi) is 7.35. The first-order valence-corrected chi connectivity index (χ1v) is 11.2. The minimum Gasteiger partial charge on any atom is -0.493 e. The van der Waals surface area contributed by atoms with Crippen molar-refractivity contribution in [2.75, 3.05) is 19.5 Å². The Hall–Kier alpha value is -3.55. The summed E-state index contributed by atoms with van der Waals surface area (Å²) in [6.07, 6.45) is 0.941. The second-order valence-corrected chi connectivity index (χ2v) is 8.17. The molecule has 7 nitrogen and oxygen atoms in total. The Morgan fingerprint density at radius 3 is 2.47 bits per heavy atom. The standard InChI is InChI=1S/C26H25ClN2O5/c1-32-24-15-17(13-20-19-5-3-4-6-21(19)28-25(20)30)9-12-23(24)34-18-10-7-16(8-11-18)14-22(29-27)26(31)33-2/h3-12,15,20,22,29H,13-14H2,1-2H3,(H,28,30)/t20?,22-/m1/s1. The predicted octanol–water partition coefficient (Wildman–Crippen LogP) is 4.59. The Morgan fingerprint density at radius 1 is 1.03 bits per heavy atom. The summed E-state index contributed by atoms with van der Waals surface area (Å²) in [6.45, 7) is 0. The molecule has 1 heterocycles. The van der Waals surface area contributed by atoms with Gasteiger partial charge in [0, 0.05) is 5.69 Å². The molecule has 0 bridgehead atoms. The highest BCUT2D eigenvalue weighted by Gasteiger charge is 2.30. The van der Waals surface area contributed by atoms with E-state index >= 15 is 0 Å². The summed E-state index contributed by atoms with van der Waals surface area (Å²) in [6, 6.07) is 20.1. The van der Waals surface area contributed by atoms with Crippen molar-refractivity contribution in [2.24, 2.45) is 0 Å². The minimum absolute atomic E-state index is 0.000566. The zero-order valence-corrected chi connectivity index (χ0v) is 19.6. The van der Waals surface area contributed by atoms with Crippen LogP contribution in [0.25, 0.3) is 0 Å². The van der Waals surface area contributed by atoms with Crippen molar-refractivity contribution in [3.63, 3.8) is 0 Å². The molecule has 0 saturated carbocycles. The maximum Gasteiger partial charge on any atom is 0.324 e. The molecule has 2 atom stereocenters. The second-order valence-electron chi connectivity index (χ2n) is 7.95. The Bertz CT molecular complexity index is 1180. The number of carbonyl (C=O) groups excluding carboxylic acids is 2. The highest BCUT2D eigenvalue weighted by molar-refractivity contribution is 6.14. The number of carbonyl (C=O) groups is 2. The largest absolute Gasteiger partial charge is 0.493 e. The minimum atomic E-state index is -0.639. The first-order chi connectivity index (χ1) is 16.5. The molecule has 8 heteroatoms. The van der Waals surface area contributed by atoms with Crippen molar-refractivity contribution in [1.82, 2.24) is 4.84 Å². The third-order valence-corrected chi connectivity index (χ3v) is 6.05. The number of esters is 1. The molecule has 0 radical (unpaired) electrons. The summed E-state index contributed by atoms with van der Waals surface area (Å²) in [5.74, 6) is 1.08. The average molecular weight is 481 g/mol. The number of anilines is 1. The number of methoxy groups -OCH3 is 2. The third-order valence-electron chi connectivity index (χ3n) is 5.79. The van der Waals surface area contributed by atoms with Crippen LogP contribution in [0.1, 0.15) is 22.6 Å². The van der Waals surface area contributed by atoms with Crippen molar-refractivity contribution >= 4 is 29.3 Å². The maximum atomic E-state index is 12.5. The van der Waals surface area contributed by atoms with E-state index in [1.165, 1.54) is 7.11 Å². The maximum absolute atomic E-state index is 12.5. The summed E-state index contributed by atoms with van der Waals surface area (Å²) in [7, 11) is 2.90. The zero-order valence-electron chi connectivity index (χ0n) is 18.8. The Labute approximate surface area is 203 Å². The van der Waals surface area contributed by atoms with Crippen LogP contribution in [0, 0.1) is 0 Å². The number of nitrogens with one attached hydrogen (secondary N) is 2. The van der Waals surface area contributed by atoms with Crippen LogP contribution in [0.5, 0.6) is 17.2 Å². The van der Waals surface area contributed by atoms with Gasteiger partial charge in [-0.3, -0.25) is 9.59 Å². The number of halogens is 1. The van der Waals surface area contributed by atoms with Gasteiger partial charge in [-0.25, -0.2) is 4.84 Å². The van der Waals surface area contributed by atoms with Crippen LogP contribution in [0.4, 0.5) is 5.69 Å². The molecule has 4 rings (SSSR count). The fraction of sp³-hybridized carbons (Fsp3) is 0.231. The van der Waals surface area contributed by atoms with Crippen LogP contribution >= 0.6 is 11.8 Å². The molecule has 1 amide bonds. The van der Waals surface area contributed by atoms with Crippen molar-refractivity contribution in [3.8, 4) is 17.2 Å². The second kappa shape index (κ2) is 10.6. The molecule has 2 N–H and O–H groups in total. The van der Waals surface area contributed by atoms with Gasteiger partial charge in [0.25, 0.3) is 0 Å². The van der Waals surface area contributed by atoms with Crippen molar-refractivity contribution in [3.05, 3.63) is 83.4 Å². The van der Waals surface area contributed by atoms with Crippen LogP contribution in [-0.2, 0) is 27.2 Å². The molecular weight excluding hydrogens is 456 g/mol. The molecule has 176 valence electrons. The number of fused-ring (bicyclic) bond motifs is 1. The molecule has 0 fully saturated rings. The van der Waals surface area contributed by atoms with Gasteiger partial charge in [0.2, 0.25) is 5.91 Å². The number of ether oxygens (including phenoxy) is 3. The van der Waals surface area contributed by atoms with Crippen molar-refractivity contribution in [1.29, 1.82) is 0 Å². The lowest BCUT2D eigenvalue weighted by Gasteiger charge is -2.15. The van der Waals surface area contributed by atoms with Gasteiger partial charge in [0.15, 0.2) is 11.5 Å². The fourth-order valence-corrected chi connectivity index (χ4v) is 4.17. The van der Waals surface area contributed by atoms with Gasteiger partial charge in [0.05, 0.1) is 20.1 Å². The van der Waals surface area contributed by atoms with E-state index in [-0.39, 0.29) is 11.8 Å². The molecule has 0 aliphatic carbocycles. The summed E-state index contributed by atoms with van der Waals surface area (Å²) < 4.78 is 16.3. The van der Waals surface area contributed by atoms with Crippen LogP contribution in [0.2, 0.25) is 0 Å². The molecular formula is C26H25ClN2O5. The van der Waals surface area contributed by atoms with E-state index in [4.69, 9.17) is 26.0 Å². The van der Waals surface area contributed by atoms with Crippen molar-refractivity contribution < 1.29 is 23.8 Å². The predicted molar refractivity (Wildman–Crippen MR) is 130 cm³/mol. The van der Waals surface area contributed by atoms with E-state index in [0.29, 0.717) is 30.1 Å². The molecule has 1 unspecified atom stereocenters. The number of hydrogen-bond donors (Lipinski definition) is 2. The summed E-state index contributed by atoms with van der Waals surface area (Å²) >= 11 is 5.65. The lowest BCUT2D eigenvalue weighted by atomic mass is 9.93. The molecule has 0 saturated heterocycles. The molecule has 1 aliphatic rings. The van der Waals surface area contributed by atoms with Crippen LogP contribution in [0.15, 0.2) is 66.7 Å². The number of benzene rings is 3. The van der Waals surface area contributed by atoms with Gasteiger partial charge in [-0.15, -0.1) is 0 Å². The third kappa shape index (κ3) is 5.16. The van der Waals surface area contributed by atoms with E-state index in [9.17, 15) is 9.59 Å². The van der Waals surface area contributed by atoms with Crippen LogP contribution in [0.3, 0.4) is 0 Å². The lowest BCUT2D eigenvalue weighted by molar-refractivity contribution is -0.142. The summed E-state index contributed by atoms with van der Waals surface area (Å²) in [5.41, 5.74) is 3.74. The van der Waals surface area contributed by atoms with Gasteiger partial charge in [-0.1, -0.05) is 36.4 Å². The Balaban J connectivity index is 1.45. The van der Waals surface area contributed by atoms with Gasteiger partial charge in [-0.05, 0) is 71.6 Å². The monoisotopic (exact) mass is 480 g/mol. The quantitative estimate of drug-likeness (QED) is 0.344. The van der Waals surface area contributed by atoms with E-state index in [1.54, 1.807) is 7.11 Å². The smallest absolute Gasteiger partial charge is 0.324 e. The number of rotatable bonds is 9. The van der Waals surface area contributed by atoms with Gasteiger partial charge in [0.1, 0.15) is 11.8 Å². The van der Waals surface area contributed by atoms with Crippen LogP contribution < -0.4 is 19.6 Å². The van der Waals surface area contributed by atoms with Crippen molar-refractivity contribution in [2.45, 2.75) is 24.8 Å². The number of hydrogen-bond acceptors (Lipinski definition) is 6. The van der Waals surface area contributed by atoms with Crippen LogP contribution in [-0.4, -0.2) is 32.1 Å². The summed E-state index contributed by atoms with van der Waals surface area (Å²) in [5, 5.41) is 2.94. The molecule has 1 aliphatic heterocycles. The SMILES string of the molecule is COC(=O)[C@@H](Cc1ccc(Oc2ccc(CC3C(=O)Nc4ccccc43)cc2OC)cc1)NCl. The zero-order chi connectivity index (χ0) is 24.1. The lowest BCUT2D eigenvalue weighted by Crippen LogP contribution is -2.33. The van der Waals surface area contributed by atoms with E-state index < -0.39 is 12.0 Å². The number of amides is 1. The van der Waals surface area contributed by atoms with Gasteiger partial charge < -0.3 is 19.5 Å². The first kappa shape index (κ1) is 23.6. The summed E-state index contributed by atoms with van der Waals surface area (Å²) in [4.78, 5) is 26.6. The normalized spacial score (nSPS) is 15.3. The van der Waals surface area contributed by atoms with E-state index in [2.05, 4.69) is 10.2 Å². The van der Waals surface area contributed by atoms with E-state index in [1.807, 2.05) is 66.7 Å². The molecule has 34 heavy (non-hydrogen) atoms. The molecule has 3 aromatic rings. The van der Waals surface area contributed by atoms with Gasteiger partial charge in [-0.2, -0.15) is 0 Å². The van der Waals surface area contributed by atoms with E-state index in [0.717, 1.165) is 22.4 Å². The fourth-order valence-electron chi connectivity index (χ4n) is 4.00. The molecule has 0 spiro atoms. The number of para-hydroxylation sites is 1. The average Bonchev–Trinajstić information content (AvgIpc) is 3.18. The first-order valence-electron chi connectivity index (χ1n) is 10.8. The highest BCUT2D eigenvalue weighted by atomic mass is 35.5. The van der Waals surface area contributed by atoms with Gasteiger partial charge >= 0.3 is 5.97 Å². The highest BCUT2D eigenvalue weighted by Crippen LogP contribution is 2.37. The molecule has 0 aromatic heterocycles.